The van der Waals surface area contributed by atoms with Crippen LogP contribution in [-0.2, 0) is 6.18 Å². The first-order valence-electron chi connectivity index (χ1n) is 7.58. The fourth-order valence-corrected chi connectivity index (χ4v) is 3.05. The first-order chi connectivity index (χ1) is 13.0. The van der Waals surface area contributed by atoms with Gasteiger partial charge in [-0.05, 0) is 31.2 Å². The second kappa shape index (κ2) is 6.99. The van der Waals surface area contributed by atoms with Crippen LogP contribution in [0.5, 0.6) is 0 Å². The number of amides is 1. The number of imidazole rings is 1. The Morgan fingerprint density at radius 1 is 1.18 bits per heavy atom. The molecule has 28 heavy (non-hydrogen) atoms. The number of nitrogens with zero attached hydrogens (tertiary/aromatic N) is 2. The fraction of sp³-hybridized carbons (Fsp3) is 0.118. The minimum atomic E-state index is -4.67. The maximum atomic E-state index is 13.1. The molecule has 0 bridgehead atoms. The highest BCUT2D eigenvalue weighted by Gasteiger charge is 2.33. The number of fused-ring (bicyclic) bond motifs is 1. The maximum Gasteiger partial charge on any atom is 0.417 e. The molecule has 2 aromatic heterocycles. The van der Waals surface area contributed by atoms with Crippen LogP contribution >= 0.6 is 23.2 Å². The Kier molecular flexibility index (Phi) is 4.99. The van der Waals surface area contributed by atoms with Gasteiger partial charge >= 0.3 is 12.1 Å². The molecule has 2 N–H and O–H groups in total. The number of pyridine rings is 1. The molecule has 146 valence electrons. The molecule has 2 heterocycles. The van der Waals surface area contributed by atoms with Gasteiger partial charge in [0.1, 0.15) is 5.69 Å². The van der Waals surface area contributed by atoms with Crippen LogP contribution in [0.25, 0.3) is 5.65 Å². The van der Waals surface area contributed by atoms with Gasteiger partial charge in [-0.15, -0.1) is 0 Å². The molecule has 1 aromatic carbocycles. The normalized spacial score (nSPS) is 11.6. The first-order valence-corrected chi connectivity index (χ1v) is 8.34. The zero-order chi connectivity index (χ0) is 20.8. The number of carboxylic acid groups (broad SMARTS) is 1. The summed E-state index contributed by atoms with van der Waals surface area (Å²) < 4.78 is 40.2. The van der Waals surface area contributed by atoms with E-state index in [4.69, 9.17) is 28.3 Å². The lowest BCUT2D eigenvalue weighted by molar-refractivity contribution is -0.137. The van der Waals surface area contributed by atoms with E-state index in [1.807, 2.05) is 0 Å². The maximum absolute atomic E-state index is 13.1. The number of alkyl halides is 3. The number of anilines is 1. The van der Waals surface area contributed by atoms with Gasteiger partial charge in [-0.25, -0.2) is 9.78 Å². The number of nitrogens with one attached hydrogen (secondary N) is 1. The Bertz CT molecular complexity index is 1130. The molecule has 0 atom stereocenters. The van der Waals surface area contributed by atoms with Gasteiger partial charge in [-0.1, -0.05) is 23.2 Å². The first kappa shape index (κ1) is 20.0. The van der Waals surface area contributed by atoms with E-state index in [0.717, 1.165) is 22.7 Å². The summed E-state index contributed by atoms with van der Waals surface area (Å²) in [5, 5.41) is 11.2. The number of hydrogen-bond acceptors (Lipinski definition) is 3. The van der Waals surface area contributed by atoms with Crippen LogP contribution in [0.2, 0.25) is 10.0 Å². The minimum Gasteiger partial charge on any atom is -0.478 e. The standard InChI is InChI=1S/C17H10Cl2F3N3O3/c1-7-13(15(26)24-9-2-3-11(18)10(5-9)16(27)28)25-6-8(17(20,21)22)4-12(19)14(25)23-7/h2-6H,1H3,(H,24,26)(H,27,28). The van der Waals surface area contributed by atoms with Gasteiger partial charge in [0.05, 0.1) is 26.9 Å². The number of aromatic carboxylic acids is 1. The van der Waals surface area contributed by atoms with Crippen molar-refractivity contribution in [2.75, 3.05) is 5.32 Å². The number of carbonyl (C=O) groups excluding carboxylic acids is 1. The third kappa shape index (κ3) is 3.63. The number of aromatic nitrogens is 2. The van der Waals surface area contributed by atoms with Crippen molar-refractivity contribution in [3.8, 4) is 0 Å². The molecule has 11 heteroatoms. The number of carboxylic acids is 1. The summed E-state index contributed by atoms with van der Waals surface area (Å²) in [4.78, 5) is 27.9. The molecule has 3 aromatic rings. The lowest BCUT2D eigenvalue weighted by Crippen LogP contribution is -2.17. The number of aryl methyl sites for hydroxylation is 1. The largest absolute Gasteiger partial charge is 0.478 e. The second-order valence-electron chi connectivity index (χ2n) is 5.77. The monoisotopic (exact) mass is 431 g/mol. The highest BCUT2D eigenvalue weighted by Crippen LogP contribution is 2.33. The lowest BCUT2D eigenvalue weighted by atomic mass is 10.2. The van der Waals surface area contributed by atoms with E-state index in [2.05, 4.69) is 10.3 Å². The van der Waals surface area contributed by atoms with Crippen LogP contribution in [0.4, 0.5) is 18.9 Å². The molecule has 6 nitrogen and oxygen atoms in total. The summed E-state index contributed by atoms with van der Waals surface area (Å²) in [5.41, 5.74) is -1.23. The molecule has 0 radical (unpaired) electrons. The van der Waals surface area contributed by atoms with E-state index in [0.29, 0.717) is 0 Å². The van der Waals surface area contributed by atoms with Crippen LogP contribution in [-0.4, -0.2) is 26.4 Å². The van der Waals surface area contributed by atoms with Crippen LogP contribution in [0.3, 0.4) is 0 Å². The average Bonchev–Trinajstić information content (AvgIpc) is 2.92. The Labute approximate surface area is 165 Å². The summed E-state index contributed by atoms with van der Waals surface area (Å²) in [6, 6.07) is 4.50. The fourth-order valence-electron chi connectivity index (χ4n) is 2.60. The SMILES string of the molecule is Cc1nc2c(Cl)cc(C(F)(F)F)cn2c1C(=O)Nc1ccc(Cl)c(C(=O)O)c1. The van der Waals surface area contributed by atoms with Gasteiger partial charge < -0.3 is 10.4 Å². The van der Waals surface area contributed by atoms with Gasteiger partial charge in [0.2, 0.25) is 0 Å². The van der Waals surface area contributed by atoms with Gasteiger partial charge in [-0.3, -0.25) is 9.20 Å². The summed E-state index contributed by atoms with van der Waals surface area (Å²) >= 11 is 11.7. The van der Waals surface area contributed by atoms with E-state index in [1.54, 1.807) is 0 Å². The van der Waals surface area contributed by atoms with Crippen LogP contribution in [0.15, 0.2) is 30.5 Å². The van der Waals surface area contributed by atoms with Crippen molar-refractivity contribution < 1.29 is 27.9 Å². The van der Waals surface area contributed by atoms with Crippen LogP contribution in [0.1, 0.15) is 32.1 Å². The van der Waals surface area contributed by atoms with E-state index in [9.17, 15) is 22.8 Å². The summed E-state index contributed by atoms with van der Waals surface area (Å²) in [7, 11) is 0. The van der Waals surface area contributed by atoms with Crippen molar-refractivity contribution in [2.45, 2.75) is 13.1 Å². The van der Waals surface area contributed by atoms with E-state index in [-0.39, 0.29) is 38.3 Å². The number of benzene rings is 1. The Morgan fingerprint density at radius 3 is 2.46 bits per heavy atom. The second-order valence-corrected chi connectivity index (χ2v) is 6.58. The number of rotatable bonds is 3. The third-order valence-electron chi connectivity index (χ3n) is 3.85. The smallest absolute Gasteiger partial charge is 0.417 e. The lowest BCUT2D eigenvalue weighted by Gasteiger charge is -2.11. The number of carbonyl (C=O) groups is 2. The van der Waals surface area contributed by atoms with Crippen molar-refractivity contribution in [3.63, 3.8) is 0 Å². The van der Waals surface area contributed by atoms with Crippen molar-refractivity contribution in [2.24, 2.45) is 0 Å². The molecular formula is C17H10Cl2F3N3O3. The molecule has 0 aliphatic carbocycles. The summed E-state index contributed by atoms with van der Waals surface area (Å²) in [6.07, 6.45) is -3.95. The Morgan fingerprint density at radius 2 is 1.86 bits per heavy atom. The summed E-state index contributed by atoms with van der Waals surface area (Å²) in [5.74, 6) is -2.09. The zero-order valence-corrected chi connectivity index (χ0v) is 15.4. The van der Waals surface area contributed by atoms with Gasteiger partial charge in [0.15, 0.2) is 5.65 Å². The minimum absolute atomic E-state index is 0.0142. The molecule has 0 unspecified atom stereocenters. The van der Waals surface area contributed by atoms with Crippen molar-refractivity contribution in [3.05, 3.63) is 63.0 Å². The molecule has 0 spiro atoms. The summed E-state index contributed by atoms with van der Waals surface area (Å²) in [6.45, 7) is 1.44. The predicted octanol–water partition coefficient (Wildman–Crippen LogP) is 4.92. The zero-order valence-electron chi connectivity index (χ0n) is 13.9. The quantitative estimate of drug-likeness (QED) is 0.616. The Hall–Kier alpha value is -2.78. The molecule has 0 fully saturated rings. The molecule has 0 saturated heterocycles. The van der Waals surface area contributed by atoms with Crippen molar-refractivity contribution >= 4 is 46.4 Å². The molecule has 0 saturated carbocycles. The predicted molar refractivity (Wildman–Crippen MR) is 96.3 cm³/mol. The topological polar surface area (TPSA) is 83.7 Å². The number of halogens is 5. The van der Waals surface area contributed by atoms with Gasteiger partial charge in [0, 0.05) is 11.9 Å². The molecular weight excluding hydrogens is 422 g/mol. The van der Waals surface area contributed by atoms with E-state index < -0.39 is 23.6 Å². The highest BCUT2D eigenvalue weighted by molar-refractivity contribution is 6.34. The average molecular weight is 432 g/mol. The van der Waals surface area contributed by atoms with Gasteiger partial charge in [0.25, 0.3) is 5.91 Å². The van der Waals surface area contributed by atoms with Crippen LogP contribution < -0.4 is 5.32 Å². The molecule has 0 aliphatic heterocycles. The van der Waals surface area contributed by atoms with E-state index >= 15 is 0 Å². The number of hydrogen-bond donors (Lipinski definition) is 2. The van der Waals surface area contributed by atoms with E-state index in [1.165, 1.54) is 19.1 Å². The third-order valence-corrected chi connectivity index (χ3v) is 4.45. The molecule has 3 rings (SSSR count). The van der Waals surface area contributed by atoms with Gasteiger partial charge in [-0.2, -0.15) is 13.2 Å². The van der Waals surface area contributed by atoms with Crippen molar-refractivity contribution in [1.29, 1.82) is 0 Å². The molecule has 1 amide bonds. The highest BCUT2D eigenvalue weighted by atomic mass is 35.5. The Balaban J connectivity index is 2.07. The van der Waals surface area contributed by atoms with Crippen molar-refractivity contribution in [1.82, 2.24) is 9.38 Å². The van der Waals surface area contributed by atoms with Crippen LogP contribution in [0, 0.1) is 6.92 Å². The molecule has 0 aliphatic rings.